The van der Waals surface area contributed by atoms with Crippen LogP contribution in [-0.4, -0.2) is 33.0 Å². The first kappa shape index (κ1) is 22.6. The molecule has 1 aromatic carbocycles. The lowest BCUT2D eigenvalue weighted by atomic mass is 10.0. The van der Waals surface area contributed by atoms with Crippen LogP contribution in [0.4, 0.5) is 14.5 Å². The highest BCUT2D eigenvalue weighted by atomic mass is 32.2. The van der Waals surface area contributed by atoms with Crippen LogP contribution in [0.25, 0.3) is 0 Å². The van der Waals surface area contributed by atoms with Gasteiger partial charge < -0.3 is 26.2 Å². The second-order valence-corrected chi connectivity index (χ2v) is 9.12. The number of rotatable bonds is 4. The summed E-state index contributed by atoms with van der Waals surface area (Å²) in [5.41, 5.74) is 12.4. The van der Waals surface area contributed by atoms with E-state index in [-0.39, 0.29) is 22.4 Å². The molecule has 1 aromatic heterocycles. The minimum absolute atomic E-state index is 0.0568. The highest BCUT2D eigenvalue weighted by molar-refractivity contribution is 8.03. The van der Waals surface area contributed by atoms with Crippen LogP contribution in [0.5, 0.6) is 0 Å². The smallest absolute Gasteiger partial charge is 0.268 e. The van der Waals surface area contributed by atoms with E-state index in [4.69, 9.17) is 16.2 Å². The number of halogens is 2. The summed E-state index contributed by atoms with van der Waals surface area (Å²) in [6, 6.07) is 3.57. The van der Waals surface area contributed by atoms with E-state index in [1.807, 2.05) is 6.92 Å². The van der Waals surface area contributed by atoms with Crippen molar-refractivity contribution in [2.75, 3.05) is 4.90 Å². The third-order valence-corrected chi connectivity index (χ3v) is 6.84. The number of aromatic nitrogens is 2. The maximum absolute atomic E-state index is 14.7. The van der Waals surface area contributed by atoms with Crippen molar-refractivity contribution in [1.29, 1.82) is 0 Å². The number of nitrogens with zero attached hydrogens (tertiary/aromatic N) is 3. The lowest BCUT2D eigenvalue weighted by Crippen LogP contribution is -2.32. The van der Waals surface area contributed by atoms with Gasteiger partial charge in [-0.1, -0.05) is 17.8 Å². The minimum Gasteiger partial charge on any atom is -0.393 e. The third kappa shape index (κ3) is 3.96. The topological polar surface area (TPSA) is 120 Å². The zero-order chi connectivity index (χ0) is 23.2. The first-order valence-electron chi connectivity index (χ1n) is 10.2. The number of aliphatic hydroxyl groups excluding tert-OH is 1. The van der Waals surface area contributed by atoms with Gasteiger partial charge in [0.2, 0.25) is 0 Å². The van der Waals surface area contributed by atoms with Gasteiger partial charge in [-0.15, -0.1) is 0 Å². The van der Waals surface area contributed by atoms with Gasteiger partial charge in [-0.25, -0.2) is 8.78 Å². The molecule has 1 fully saturated rings. The summed E-state index contributed by atoms with van der Waals surface area (Å²) in [5, 5.41) is 13.5. The predicted molar refractivity (Wildman–Crippen MR) is 116 cm³/mol. The van der Waals surface area contributed by atoms with E-state index in [0.29, 0.717) is 30.6 Å². The molecular weight excluding hydrogens is 440 g/mol. The van der Waals surface area contributed by atoms with Crippen molar-refractivity contribution in [3.63, 3.8) is 0 Å². The molecule has 1 saturated heterocycles. The average molecular weight is 466 g/mol. The number of amides is 1. The van der Waals surface area contributed by atoms with Gasteiger partial charge in [-0.05, 0) is 38.3 Å². The Balaban J connectivity index is 1.85. The van der Waals surface area contributed by atoms with Gasteiger partial charge in [0.05, 0.1) is 40.4 Å². The van der Waals surface area contributed by atoms with Crippen LogP contribution in [0.15, 0.2) is 35.1 Å². The second kappa shape index (κ2) is 8.72. The lowest BCUT2D eigenvalue weighted by molar-refractivity contribution is -0.114. The van der Waals surface area contributed by atoms with E-state index in [1.54, 1.807) is 11.7 Å². The van der Waals surface area contributed by atoms with Crippen LogP contribution >= 0.6 is 11.8 Å². The quantitative estimate of drug-likeness (QED) is 0.635. The Kier molecular flexibility index (Phi) is 6.15. The highest BCUT2D eigenvalue weighted by Crippen LogP contribution is 2.51. The predicted octanol–water partition coefficient (Wildman–Crippen LogP) is 2.55. The molecule has 0 aliphatic carbocycles. The van der Waals surface area contributed by atoms with Crippen LogP contribution in [0.1, 0.15) is 48.9 Å². The highest BCUT2D eigenvalue weighted by Gasteiger charge is 2.42. The summed E-state index contributed by atoms with van der Waals surface area (Å²) >= 11 is 0.941. The fourth-order valence-corrected chi connectivity index (χ4v) is 5.55. The molecule has 2 aliphatic heterocycles. The number of thioether (sulfide) groups is 1. The Morgan fingerprint density at radius 3 is 2.66 bits per heavy atom. The van der Waals surface area contributed by atoms with Crippen molar-refractivity contribution >= 4 is 23.4 Å². The molecule has 4 rings (SSSR count). The Labute approximate surface area is 188 Å². The molecule has 2 aromatic rings. The SMILES string of the molecule is C[C@@H]1CC(O)CC[C@H](c2c(N3C(C(N)=O)=C(N)SC3c3c(F)cccc3F)cnn2C)O1. The van der Waals surface area contributed by atoms with Crippen molar-refractivity contribution in [3.8, 4) is 0 Å². The van der Waals surface area contributed by atoms with Gasteiger partial charge in [0.1, 0.15) is 28.8 Å². The molecule has 0 saturated carbocycles. The summed E-state index contributed by atoms with van der Waals surface area (Å²) in [5.74, 6) is -2.35. The fourth-order valence-electron chi connectivity index (χ4n) is 4.33. The van der Waals surface area contributed by atoms with Gasteiger partial charge in [-0.3, -0.25) is 9.48 Å². The van der Waals surface area contributed by atoms with E-state index in [0.717, 1.165) is 23.9 Å². The molecule has 32 heavy (non-hydrogen) atoms. The Morgan fingerprint density at radius 1 is 1.31 bits per heavy atom. The van der Waals surface area contributed by atoms with Crippen molar-refractivity contribution in [2.45, 2.75) is 49.9 Å². The first-order valence-corrected chi connectivity index (χ1v) is 11.1. The molecule has 0 radical (unpaired) electrons. The molecule has 2 aliphatic rings. The molecule has 11 heteroatoms. The van der Waals surface area contributed by atoms with Crippen LogP contribution in [0, 0.1) is 11.6 Å². The van der Waals surface area contributed by atoms with Crippen molar-refractivity contribution < 1.29 is 23.4 Å². The summed E-state index contributed by atoms with van der Waals surface area (Å²) in [4.78, 5) is 13.8. The zero-order valence-corrected chi connectivity index (χ0v) is 18.5. The molecule has 8 nitrogen and oxygen atoms in total. The number of ether oxygens (including phenoxy) is 1. The standard InChI is InChI=1S/C21H25F2N5O3S/c1-10-8-11(29)6-7-15(31-10)17-14(9-26-27(17)2)28-18(19(24)30)20(25)32-21(28)16-12(22)4-3-5-13(16)23/h3-5,9-11,15,21,29H,6-8,25H2,1-2H3,(H2,24,30)/t10-,11?,15-,21?/m1/s1. The maximum Gasteiger partial charge on any atom is 0.268 e. The molecule has 0 spiro atoms. The van der Waals surface area contributed by atoms with Gasteiger partial charge in [0, 0.05) is 7.05 Å². The molecule has 172 valence electrons. The molecule has 1 amide bonds. The molecule has 2 unspecified atom stereocenters. The lowest BCUT2D eigenvalue weighted by Gasteiger charge is -2.30. The monoisotopic (exact) mass is 465 g/mol. The number of hydrogen-bond acceptors (Lipinski definition) is 7. The molecule has 3 heterocycles. The van der Waals surface area contributed by atoms with Gasteiger partial charge in [0.15, 0.2) is 0 Å². The number of primary amides is 1. The number of carbonyl (C=O) groups excluding carboxylic acids is 1. The first-order chi connectivity index (χ1) is 15.2. The number of aryl methyl sites for hydroxylation is 1. The number of carbonyl (C=O) groups is 1. The average Bonchev–Trinajstić information content (AvgIpc) is 3.18. The number of benzene rings is 1. The number of nitrogens with two attached hydrogens (primary N) is 2. The van der Waals surface area contributed by atoms with Crippen LogP contribution in [-0.2, 0) is 16.6 Å². The minimum atomic E-state index is -1.00. The fraction of sp³-hybridized carbons (Fsp3) is 0.429. The Bertz CT molecular complexity index is 1060. The summed E-state index contributed by atoms with van der Waals surface area (Å²) in [6.07, 6.45) is 1.83. The molecule has 4 atom stereocenters. The number of aliphatic hydroxyl groups is 1. The largest absolute Gasteiger partial charge is 0.393 e. The molecular formula is C21H25F2N5O3S. The van der Waals surface area contributed by atoms with Crippen molar-refractivity contribution in [3.05, 3.63) is 58.0 Å². The molecule has 0 bridgehead atoms. The summed E-state index contributed by atoms with van der Waals surface area (Å²) in [7, 11) is 1.72. The maximum atomic E-state index is 14.7. The van der Waals surface area contributed by atoms with E-state index >= 15 is 0 Å². The summed E-state index contributed by atoms with van der Waals surface area (Å²) in [6.45, 7) is 1.87. The normalized spacial score (nSPS) is 26.5. The third-order valence-electron chi connectivity index (χ3n) is 5.72. The summed E-state index contributed by atoms with van der Waals surface area (Å²) < 4.78 is 37.2. The Hall–Kier alpha value is -2.63. The zero-order valence-electron chi connectivity index (χ0n) is 17.7. The van der Waals surface area contributed by atoms with Crippen molar-refractivity contribution in [2.24, 2.45) is 18.5 Å². The van der Waals surface area contributed by atoms with Gasteiger partial charge >= 0.3 is 0 Å². The Morgan fingerprint density at radius 2 is 2.00 bits per heavy atom. The number of hydrogen-bond donors (Lipinski definition) is 3. The van der Waals surface area contributed by atoms with Crippen LogP contribution in [0.2, 0.25) is 0 Å². The van der Waals surface area contributed by atoms with E-state index < -0.39 is 35.1 Å². The van der Waals surface area contributed by atoms with Crippen LogP contribution in [0.3, 0.4) is 0 Å². The number of anilines is 1. The van der Waals surface area contributed by atoms with Crippen molar-refractivity contribution in [1.82, 2.24) is 9.78 Å². The van der Waals surface area contributed by atoms with Gasteiger partial charge in [0.25, 0.3) is 5.91 Å². The molecule has 5 N–H and O–H groups in total. The van der Waals surface area contributed by atoms with E-state index in [2.05, 4.69) is 5.10 Å². The van der Waals surface area contributed by atoms with E-state index in [9.17, 15) is 18.7 Å². The van der Waals surface area contributed by atoms with E-state index in [1.165, 1.54) is 17.2 Å². The second-order valence-electron chi connectivity index (χ2n) is 7.99. The van der Waals surface area contributed by atoms with Crippen LogP contribution < -0.4 is 16.4 Å². The van der Waals surface area contributed by atoms with Gasteiger partial charge in [-0.2, -0.15) is 5.10 Å².